The maximum atomic E-state index is 4.06. The third kappa shape index (κ3) is 6.12. The smallest absolute Gasteiger partial charge is 0.137 e. The minimum absolute atomic E-state index is 0.349. The van der Waals surface area contributed by atoms with Gasteiger partial charge in [0.1, 0.15) is 12.7 Å². The number of aromatic nitrogens is 3. The fourth-order valence-corrected chi connectivity index (χ4v) is 2.08. The predicted octanol–water partition coefficient (Wildman–Crippen LogP) is 1.79. The van der Waals surface area contributed by atoms with Crippen molar-refractivity contribution in [3.05, 3.63) is 12.7 Å². The standard InChI is InChI=1S/C11H22N4S/c1-10(7-16-11(2,3)4)13-5-6-15-9-12-8-14-15/h8-10,13H,5-7H2,1-4H3. The second-order valence-corrected chi connectivity index (χ2v) is 6.78. The van der Waals surface area contributed by atoms with Crippen LogP contribution in [0.2, 0.25) is 0 Å². The van der Waals surface area contributed by atoms with E-state index in [1.807, 2.05) is 16.4 Å². The van der Waals surface area contributed by atoms with E-state index in [4.69, 9.17) is 0 Å². The van der Waals surface area contributed by atoms with Gasteiger partial charge >= 0.3 is 0 Å². The highest BCUT2D eigenvalue weighted by Gasteiger charge is 2.12. The van der Waals surface area contributed by atoms with E-state index < -0.39 is 0 Å². The molecule has 0 bridgehead atoms. The molecule has 5 heteroatoms. The first-order chi connectivity index (χ1) is 7.47. The van der Waals surface area contributed by atoms with Crippen LogP contribution in [0.1, 0.15) is 27.7 Å². The molecule has 0 saturated heterocycles. The molecular weight excluding hydrogens is 220 g/mol. The Morgan fingerprint density at radius 2 is 2.19 bits per heavy atom. The van der Waals surface area contributed by atoms with Gasteiger partial charge in [-0.1, -0.05) is 20.8 Å². The van der Waals surface area contributed by atoms with Gasteiger partial charge in [-0.3, -0.25) is 4.68 Å². The van der Waals surface area contributed by atoms with Crippen molar-refractivity contribution in [3.63, 3.8) is 0 Å². The van der Waals surface area contributed by atoms with Crippen molar-refractivity contribution in [1.29, 1.82) is 0 Å². The number of hydrogen-bond acceptors (Lipinski definition) is 4. The van der Waals surface area contributed by atoms with E-state index in [0.717, 1.165) is 18.8 Å². The molecule has 0 aliphatic heterocycles. The molecule has 0 amide bonds. The van der Waals surface area contributed by atoms with Crippen LogP contribution in [0, 0.1) is 0 Å². The average molecular weight is 242 g/mol. The van der Waals surface area contributed by atoms with Crippen molar-refractivity contribution in [2.75, 3.05) is 12.3 Å². The monoisotopic (exact) mass is 242 g/mol. The highest BCUT2D eigenvalue weighted by molar-refractivity contribution is 8.00. The van der Waals surface area contributed by atoms with Gasteiger partial charge in [0.2, 0.25) is 0 Å². The zero-order chi connectivity index (χ0) is 12.0. The fourth-order valence-electron chi connectivity index (χ4n) is 1.21. The van der Waals surface area contributed by atoms with Crippen LogP contribution in [0.5, 0.6) is 0 Å². The zero-order valence-corrected chi connectivity index (χ0v) is 11.4. The van der Waals surface area contributed by atoms with Crippen LogP contribution in [-0.2, 0) is 6.54 Å². The molecule has 0 saturated carbocycles. The van der Waals surface area contributed by atoms with Crippen LogP contribution in [0.25, 0.3) is 0 Å². The SMILES string of the molecule is CC(CSC(C)(C)C)NCCn1cncn1. The van der Waals surface area contributed by atoms with Crippen molar-refractivity contribution < 1.29 is 0 Å². The van der Waals surface area contributed by atoms with Crippen molar-refractivity contribution in [2.24, 2.45) is 0 Å². The summed E-state index contributed by atoms with van der Waals surface area (Å²) in [5.74, 6) is 1.14. The topological polar surface area (TPSA) is 42.7 Å². The second kappa shape index (κ2) is 6.25. The van der Waals surface area contributed by atoms with E-state index in [2.05, 4.69) is 43.1 Å². The normalized spacial score (nSPS) is 14.0. The van der Waals surface area contributed by atoms with Crippen LogP contribution >= 0.6 is 11.8 Å². The zero-order valence-electron chi connectivity index (χ0n) is 10.6. The van der Waals surface area contributed by atoms with Gasteiger partial charge in [0.25, 0.3) is 0 Å². The van der Waals surface area contributed by atoms with Gasteiger partial charge in [0, 0.05) is 23.1 Å². The van der Waals surface area contributed by atoms with Gasteiger partial charge < -0.3 is 5.32 Å². The Kier molecular flexibility index (Phi) is 5.28. The minimum atomic E-state index is 0.349. The van der Waals surface area contributed by atoms with Crippen molar-refractivity contribution in [3.8, 4) is 0 Å². The summed E-state index contributed by atoms with van der Waals surface area (Å²) in [5, 5.41) is 7.54. The summed E-state index contributed by atoms with van der Waals surface area (Å²) in [7, 11) is 0. The highest BCUT2D eigenvalue weighted by atomic mass is 32.2. The Hall–Kier alpha value is -0.550. The maximum absolute atomic E-state index is 4.06. The first-order valence-corrected chi connectivity index (χ1v) is 6.66. The van der Waals surface area contributed by atoms with Gasteiger partial charge in [-0.25, -0.2) is 4.98 Å². The molecule has 1 aromatic heterocycles. The van der Waals surface area contributed by atoms with Crippen LogP contribution in [0.3, 0.4) is 0 Å². The van der Waals surface area contributed by atoms with Crippen LogP contribution in [0.4, 0.5) is 0 Å². The van der Waals surface area contributed by atoms with Gasteiger partial charge in [0.05, 0.1) is 6.54 Å². The summed E-state index contributed by atoms with van der Waals surface area (Å²) in [5.41, 5.74) is 0. The summed E-state index contributed by atoms with van der Waals surface area (Å²) >= 11 is 1.99. The highest BCUT2D eigenvalue weighted by Crippen LogP contribution is 2.23. The fraction of sp³-hybridized carbons (Fsp3) is 0.818. The first kappa shape index (κ1) is 13.5. The molecule has 0 fully saturated rings. The second-order valence-electron chi connectivity index (χ2n) is 4.94. The summed E-state index contributed by atoms with van der Waals surface area (Å²) in [6.45, 7) is 10.8. The van der Waals surface area contributed by atoms with Gasteiger partial charge in [0.15, 0.2) is 0 Å². The lowest BCUT2D eigenvalue weighted by atomic mass is 10.3. The molecule has 0 aliphatic carbocycles. The molecule has 1 unspecified atom stereocenters. The Bertz CT molecular complexity index is 279. The summed E-state index contributed by atoms with van der Waals surface area (Å²) in [6.07, 6.45) is 3.31. The molecule has 0 aromatic carbocycles. The molecule has 1 N–H and O–H groups in total. The molecule has 0 spiro atoms. The Labute approximate surface area is 102 Å². The third-order valence-corrected chi connectivity index (χ3v) is 3.60. The van der Waals surface area contributed by atoms with E-state index in [-0.39, 0.29) is 0 Å². The number of thioether (sulfide) groups is 1. The van der Waals surface area contributed by atoms with Crippen molar-refractivity contribution >= 4 is 11.8 Å². The average Bonchev–Trinajstić information content (AvgIpc) is 2.66. The lowest BCUT2D eigenvalue weighted by Crippen LogP contribution is -2.32. The molecule has 0 aliphatic rings. The van der Waals surface area contributed by atoms with Crippen LogP contribution < -0.4 is 5.32 Å². The lowest BCUT2D eigenvalue weighted by Gasteiger charge is -2.21. The van der Waals surface area contributed by atoms with E-state index in [1.54, 1.807) is 12.7 Å². The summed E-state index contributed by atoms with van der Waals surface area (Å²) < 4.78 is 2.19. The van der Waals surface area contributed by atoms with Gasteiger partial charge in [-0.2, -0.15) is 16.9 Å². The van der Waals surface area contributed by atoms with Gasteiger partial charge in [-0.05, 0) is 6.92 Å². The molecule has 92 valence electrons. The summed E-state index contributed by atoms with van der Waals surface area (Å²) in [4.78, 5) is 3.91. The Morgan fingerprint density at radius 3 is 2.75 bits per heavy atom. The predicted molar refractivity (Wildman–Crippen MR) is 69.7 cm³/mol. The molecule has 1 aromatic rings. The Balaban J connectivity index is 2.09. The van der Waals surface area contributed by atoms with E-state index >= 15 is 0 Å². The van der Waals surface area contributed by atoms with E-state index in [1.165, 1.54) is 0 Å². The largest absolute Gasteiger partial charge is 0.312 e. The lowest BCUT2D eigenvalue weighted by molar-refractivity contribution is 0.517. The molecule has 4 nitrogen and oxygen atoms in total. The minimum Gasteiger partial charge on any atom is -0.312 e. The van der Waals surface area contributed by atoms with E-state index in [0.29, 0.717) is 10.8 Å². The molecule has 1 rings (SSSR count). The molecule has 0 radical (unpaired) electrons. The number of hydrogen-bond donors (Lipinski definition) is 1. The third-order valence-electron chi connectivity index (χ3n) is 2.07. The molecular formula is C11H22N4S. The number of rotatable bonds is 6. The van der Waals surface area contributed by atoms with Crippen molar-refractivity contribution in [1.82, 2.24) is 20.1 Å². The first-order valence-electron chi connectivity index (χ1n) is 5.67. The molecule has 1 heterocycles. The molecule has 16 heavy (non-hydrogen) atoms. The van der Waals surface area contributed by atoms with Crippen molar-refractivity contribution in [2.45, 2.75) is 45.0 Å². The maximum Gasteiger partial charge on any atom is 0.137 e. The Morgan fingerprint density at radius 1 is 1.44 bits per heavy atom. The van der Waals surface area contributed by atoms with E-state index in [9.17, 15) is 0 Å². The summed E-state index contributed by atoms with van der Waals surface area (Å²) in [6, 6.07) is 0.535. The van der Waals surface area contributed by atoms with Crippen LogP contribution in [0.15, 0.2) is 12.7 Å². The quantitative estimate of drug-likeness (QED) is 0.826. The number of nitrogens with one attached hydrogen (secondary N) is 1. The molecule has 1 atom stereocenters. The van der Waals surface area contributed by atoms with Gasteiger partial charge in [-0.15, -0.1) is 0 Å². The van der Waals surface area contributed by atoms with Crippen LogP contribution in [-0.4, -0.2) is 37.9 Å². The number of nitrogens with zero attached hydrogens (tertiary/aromatic N) is 3.